The summed E-state index contributed by atoms with van der Waals surface area (Å²) in [6, 6.07) is 0. The van der Waals surface area contributed by atoms with E-state index in [1.54, 1.807) is 0 Å². The minimum absolute atomic E-state index is 0.121. The van der Waals surface area contributed by atoms with Crippen molar-refractivity contribution in [2.24, 2.45) is 0 Å². The van der Waals surface area contributed by atoms with Crippen molar-refractivity contribution < 1.29 is 9.90 Å². The molecule has 15 heavy (non-hydrogen) atoms. The van der Waals surface area contributed by atoms with E-state index in [0.29, 0.717) is 0 Å². The molecule has 0 spiro atoms. The van der Waals surface area contributed by atoms with Crippen molar-refractivity contribution >= 4 is 17.3 Å². The maximum absolute atomic E-state index is 11.6. The fourth-order valence-corrected chi connectivity index (χ4v) is 3.07. The van der Waals surface area contributed by atoms with Crippen LogP contribution in [-0.4, -0.2) is 15.6 Å². The molecule has 0 amide bonds. The second kappa shape index (κ2) is 4.18. The summed E-state index contributed by atoms with van der Waals surface area (Å²) in [5, 5.41) is 8.73. The third kappa shape index (κ3) is 2.12. The number of rotatable bonds is 2. The Labute approximate surface area is 91.2 Å². The van der Waals surface area contributed by atoms with Gasteiger partial charge in [-0.15, -0.1) is 0 Å². The Morgan fingerprint density at radius 2 is 2.07 bits per heavy atom. The van der Waals surface area contributed by atoms with Gasteiger partial charge in [-0.3, -0.25) is 14.2 Å². The molecule has 1 N–H and O–H groups in total. The van der Waals surface area contributed by atoms with Crippen molar-refractivity contribution in [3.63, 3.8) is 0 Å². The molecule has 1 aromatic rings. The van der Waals surface area contributed by atoms with Crippen molar-refractivity contribution in [3.8, 4) is 0 Å². The Morgan fingerprint density at radius 1 is 1.33 bits per heavy atom. The highest BCUT2D eigenvalue weighted by atomic mass is 32.1. The number of carboxylic acids is 1. The molecule has 0 saturated heterocycles. The van der Waals surface area contributed by atoms with Crippen LogP contribution in [0.25, 0.3) is 0 Å². The molecule has 1 aliphatic rings. The van der Waals surface area contributed by atoms with Crippen LogP contribution in [0.2, 0.25) is 0 Å². The van der Waals surface area contributed by atoms with Gasteiger partial charge in [-0.1, -0.05) is 17.8 Å². The summed E-state index contributed by atoms with van der Waals surface area (Å²) in [4.78, 5) is 23.2. The van der Waals surface area contributed by atoms with Crippen LogP contribution in [0, 0.1) is 0 Å². The van der Waals surface area contributed by atoms with Gasteiger partial charge in [-0.25, -0.2) is 0 Å². The predicted octanol–water partition coefficient (Wildman–Crippen LogP) is 1.26. The van der Waals surface area contributed by atoms with Gasteiger partial charge >= 0.3 is 10.8 Å². The zero-order valence-electron chi connectivity index (χ0n) is 8.36. The first kappa shape index (κ1) is 10.4. The van der Waals surface area contributed by atoms with E-state index in [-0.39, 0.29) is 11.4 Å². The molecule has 0 aliphatic heterocycles. The van der Waals surface area contributed by atoms with E-state index >= 15 is 0 Å². The maximum Gasteiger partial charge on any atom is 0.323 e. The lowest BCUT2D eigenvalue weighted by molar-refractivity contribution is -0.137. The smallest absolute Gasteiger partial charge is 0.323 e. The molecule has 1 aromatic heterocycles. The minimum atomic E-state index is -0.943. The molecular formula is C10H13NO3S. The number of fused-ring (bicyclic) bond motifs is 1. The highest BCUT2D eigenvalue weighted by molar-refractivity contribution is 7.09. The minimum Gasteiger partial charge on any atom is -0.480 e. The second-order valence-electron chi connectivity index (χ2n) is 3.78. The highest BCUT2D eigenvalue weighted by Crippen LogP contribution is 2.22. The molecule has 0 atom stereocenters. The molecular weight excluding hydrogens is 214 g/mol. The van der Waals surface area contributed by atoms with Gasteiger partial charge in [-0.05, 0) is 25.7 Å². The Kier molecular flexibility index (Phi) is 2.90. The number of thiazole rings is 1. The molecule has 82 valence electrons. The number of aryl methyl sites for hydroxylation is 1. The summed E-state index contributed by atoms with van der Waals surface area (Å²) < 4.78 is 1.42. The van der Waals surface area contributed by atoms with E-state index in [1.807, 2.05) is 0 Å². The molecule has 0 fully saturated rings. The van der Waals surface area contributed by atoms with Gasteiger partial charge in [0.15, 0.2) is 0 Å². The first-order valence-electron chi connectivity index (χ1n) is 5.11. The standard InChI is InChI=1S/C10H13NO3S/c12-9(13)6-11-7-4-2-1-3-5-8(7)15-10(11)14/h1-6H2,(H,12,13). The van der Waals surface area contributed by atoms with Crippen molar-refractivity contribution in [2.45, 2.75) is 38.6 Å². The van der Waals surface area contributed by atoms with Gasteiger partial charge < -0.3 is 5.11 Å². The third-order valence-electron chi connectivity index (χ3n) is 2.69. The van der Waals surface area contributed by atoms with Crippen LogP contribution < -0.4 is 4.87 Å². The molecule has 0 bridgehead atoms. The van der Waals surface area contributed by atoms with Crippen LogP contribution in [0.4, 0.5) is 0 Å². The summed E-state index contributed by atoms with van der Waals surface area (Å²) in [6.45, 7) is -0.190. The predicted molar refractivity (Wildman–Crippen MR) is 57.5 cm³/mol. The molecule has 0 aromatic carbocycles. The Bertz CT molecular complexity index is 432. The van der Waals surface area contributed by atoms with Crippen molar-refractivity contribution in [1.82, 2.24) is 4.57 Å². The van der Waals surface area contributed by atoms with Gasteiger partial charge in [-0.2, -0.15) is 0 Å². The van der Waals surface area contributed by atoms with Crippen LogP contribution in [0.5, 0.6) is 0 Å². The molecule has 4 nitrogen and oxygen atoms in total. The SMILES string of the molecule is O=C(O)Cn1c2c(sc1=O)CCCCC2. The molecule has 1 aliphatic carbocycles. The van der Waals surface area contributed by atoms with Gasteiger partial charge in [0.2, 0.25) is 0 Å². The topological polar surface area (TPSA) is 59.3 Å². The van der Waals surface area contributed by atoms with Crippen molar-refractivity contribution in [2.75, 3.05) is 0 Å². The van der Waals surface area contributed by atoms with Gasteiger partial charge in [0.1, 0.15) is 6.54 Å². The third-order valence-corrected chi connectivity index (χ3v) is 3.77. The first-order valence-corrected chi connectivity index (χ1v) is 5.93. The van der Waals surface area contributed by atoms with Gasteiger partial charge in [0, 0.05) is 10.6 Å². The summed E-state index contributed by atoms with van der Waals surface area (Å²) in [7, 11) is 0. The second-order valence-corrected chi connectivity index (χ2v) is 4.82. The number of hydrogen-bond donors (Lipinski definition) is 1. The van der Waals surface area contributed by atoms with Gasteiger partial charge in [0.05, 0.1) is 0 Å². The van der Waals surface area contributed by atoms with E-state index < -0.39 is 5.97 Å². The molecule has 0 radical (unpaired) electrons. The molecule has 5 heteroatoms. The van der Waals surface area contributed by atoms with E-state index in [0.717, 1.165) is 36.3 Å². The lowest BCUT2D eigenvalue weighted by Gasteiger charge is -2.04. The average molecular weight is 227 g/mol. The van der Waals surface area contributed by atoms with Crippen molar-refractivity contribution in [3.05, 3.63) is 20.2 Å². The largest absolute Gasteiger partial charge is 0.480 e. The van der Waals surface area contributed by atoms with Crippen LogP contribution in [0.3, 0.4) is 0 Å². The number of aromatic nitrogens is 1. The average Bonchev–Trinajstić information content (AvgIpc) is 2.39. The summed E-state index contributed by atoms with van der Waals surface area (Å²) in [5.41, 5.74) is 0.963. The molecule has 2 rings (SSSR count). The Hall–Kier alpha value is -1.10. The summed E-state index contributed by atoms with van der Waals surface area (Å²) in [5.74, 6) is -0.943. The number of carbonyl (C=O) groups is 1. The normalized spacial score (nSPS) is 15.7. The van der Waals surface area contributed by atoms with Crippen molar-refractivity contribution in [1.29, 1.82) is 0 Å². The number of hydrogen-bond acceptors (Lipinski definition) is 3. The van der Waals surface area contributed by atoms with E-state index in [1.165, 1.54) is 22.3 Å². The fourth-order valence-electron chi connectivity index (χ4n) is 2.00. The first-order chi connectivity index (χ1) is 7.18. The van der Waals surface area contributed by atoms with Crippen LogP contribution in [-0.2, 0) is 24.2 Å². The highest BCUT2D eigenvalue weighted by Gasteiger charge is 2.18. The molecule has 0 saturated carbocycles. The zero-order valence-corrected chi connectivity index (χ0v) is 9.18. The van der Waals surface area contributed by atoms with E-state index in [4.69, 9.17) is 5.11 Å². The number of nitrogens with zero attached hydrogens (tertiary/aromatic N) is 1. The van der Waals surface area contributed by atoms with Crippen LogP contribution in [0.1, 0.15) is 29.8 Å². The zero-order chi connectivity index (χ0) is 10.8. The van der Waals surface area contributed by atoms with Crippen LogP contribution >= 0.6 is 11.3 Å². The van der Waals surface area contributed by atoms with E-state index in [2.05, 4.69) is 0 Å². The Morgan fingerprint density at radius 3 is 2.80 bits per heavy atom. The molecule has 0 unspecified atom stereocenters. The van der Waals surface area contributed by atoms with Gasteiger partial charge in [0.25, 0.3) is 0 Å². The summed E-state index contributed by atoms with van der Waals surface area (Å²) in [6.07, 6.45) is 5.12. The monoisotopic (exact) mass is 227 g/mol. The van der Waals surface area contributed by atoms with E-state index in [9.17, 15) is 9.59 Å². The fraction of sp³-hybridized carbons (Fsp3) is 0.600. The molecule has 1 heterocycles. The van der Waals surface area contributed by atoms with Crippen LogP contribution in [0.15, 0.2) is 4.79 Å². The lowest BCUT2D eigenvalue weighted by Crippen LogP contribution is -2.21. The maximum atomic E-state index is 11.6. The quantitative estimate of drug-likeness (QED) is 0.774. The Balaban J connectivity index is 2.40. The lowest BCUT2D eigenvalue weighted by atomic mass is 10.2. The summed E-state index contributed by atoms with van der Waals surface area (Å²) >= 11 is 1.22. The number of aliphatic carboxylic acids is 1. The number of carboxylic acid groups (broad SMARTS) is 1.